The first-order valence-electron chi connectivity index (χ1n) is 13.7. The summed E-state index contributed by atoms with van der Waals surface area (Å²) in [4.78, 5) is 37.0. The van der Waals surface area contributed by atoms with Gasteiger partial charge in [0.2, 0.25) is 0 Å². The SMILES string of the molecule is COC(=O)CC[C@@H](C)[C@H]1CC[C@H]2[C@@H]3[C@H](C(C)=O)CC4C[C@H](C(C)=O)CC[C@]4(C)[C@H]3C[C@H](O)[C@]12C. The van der Waals surface area contributed by atoms with Crippen molar-refractivity contribution in [2.75, 3.05) is 7.11 Å². The summed E-state index contributed by atoms with van der Waals surface area (Å²) in [5.74, 6) is 2.65. The highest BCUT2D eigenvalue weighted by Crippen LogP contribution is 2.70. The van der Waals surface area contributed by atoms with Crippen LogP contribution in [0.2, 0.25) is 0 Å². The van der Waals surface area contributed by atoms with Crippen LogP contribution in [0, 0.1) is 58.2 Å². The van der Waals surface area contributed by atoms with Crippen molar-refractivity contribution in [3.05, 3.63) is 0 Å². The highest BCUT2D eigenvalue weighted by molar-refractivity contribution is 5.79. The Morgan fingerprint density at radius 3 is 2.32 bits per heavy atom. The van der Waals surface area contributed by atoms with Crippen molar-refractivity contribution in [1.82, 2.24) is 0 Å². The molecule has 0 aliphatic heterocycles. The first kappa shape index (κ1) is 25.9. The third-order valence-corrected chi connectivity index (χ3v) is 11.7. The number of esters is 1. The maximum absolute atomic E-state index is 13.1. The van der Waals surface area contributed by atoms with Gasteiger partial charge in [-0.1, -0.05) is 20.8 Å². The van der Waals surface area contributed by atoms with Crippen LogP contribution in [0.4, 0.5) is 0 Å². The van der Waals surface area contributed by atoms with Crippen molar-refractivity contribution in [2.45, 2.75) is 98.5 Å². The number of ether oxygens (including phenoxy) is 1. The van der Waals surface area contributed by atoms with E-state index in [-0.39, 0.29) is 34.7 Å². The normalized spacial score (nSPS) is 46.6. The fourth-order valence-corrected chi connectivity index (χ4v) is 9.65. The van der Waals surface area contributed by atoms with Crippen LogP contribution in [0.15, 0.2) is 0 Å². The van der Waals surface area contributed by atoms with Gasteiger partial charge in [-0.15, -0.1) is 0 Å². The summed E-state index contributed by atoms with van der Waals surface area (Å²) in [5.41, 5.74) is -0.121. The fraction of sp³-hybridized carbons (Fsp3) is 0.897. The van der Waals surface area contributed by atoms with Gasteiger partial charge < -0.3 is 9.84 Å². The summed E-state index contributed by atoms with van der Waals surface area (Å²) in [7, 11) is 1.44. The molecule has 0 aromatic carbocycles. The second-order valence-electron chi connectivity index (χ2n) is 12.9. The first-order valence-corrected chi connectivity index (χ1v) is 13.7. The summed E-state index contributed by atoms with van der Waals surface area (Å²) in [6.45, 7) is 10.4. The van der Waals surface area contributed by atoms with Gasteiger partial charge in [-0.05, 0) is 112 Å². The molecule has 4 aliphatic carbocycles. The van der Waals surface area contributed by atoms with Crippen LogP contribution >= 0.6 is 0 Å². The fourth-order valence-electron chi connectivity index (χ4n) is 9.65. The van der Waals surface area contributed by atoms with Gasteiger partial charge in [0.1, 0.15) is 11.6 Å². The first-order chi connectivity index (χ1) is 15.9. The molecule has 4 saturated carbocycles. The molecule has 192 valence electrons. The van der Waals surface area contributed by atoms with Crippen molar-refractivity contribution in [1.29, 1.82) is 0 Å². The lowest BCUT2D eigenvalue weighted by Gasteiger charge is -2.64. The maximum atomic E-state index is 13.1. The van der Waals surface area contributed by atoms with Gasteiger partial charge in [0.15, 0.2) is 0 Å². The van der Waals surface area contributed by atoms with E-state index in [0.29, 0.717) is 53.5 Å². The lowest BCUT2D eigenvalue weighted by Crippen LogP contribution is -2.61. The van der Waals surface area contributed by atoms with Gasteiger partial charge in [0.05, 0.1) is 13.2 Å². The molecule has 0 heterocycles. The molecule has 4 aliphatic rings. The number of Topliss-reactive ketones (excluding diaryl/α,β-unsaturated/α-hetero) is 2. The van der Waals surface area contributed by atoms with E-state index in [9.17, 15) is 19.5 Å². The Kier molecular flexibility index (Phi) is 7.10. The minimum Gasteiger partial charge on any atom is -0.469 e. The van der Waals surface area contributed by atoms with Gasteiger partial charge in [0, 0.05) is 18.3 Å². The molecular weight excluding hydrogens is 428 g/mol. The molecule has 0 aromatic rings. The van der Waals surface area contributed by atoms with E-state index < -0.39 is 0 Å². The quantitative estimate of drug-likeness (QED) is 0.534. The number of aliphatic hydroxyl groups excluding tert-OH is 1. The van der Waals surface area contributed by atoms with Gasteiger partial charge in [-0.25, -0.2) is 0 Å². The highest BCUT2D eigenvalue weighted by Gasteiger charge is 2.66. The van der Waals surface area contributed by atoms with E-state index >= 15 is 0 Å². The van der Waals surface area contributed by atoms with Gasteiger partial charge in [-0.3, -0.25) is 14.4 Å². The summed E-state index contributed by atoms with van der Waals surface area (Å²) >= 11 is 0. The molecule has 4 fully saturated rings. The van der Waals surface area contributed by atoms with Crippen LogP contribution in [-0.4, -0.2) is 35.9 Å². The monoisotopic (exact) mass is 474 g/mol. The number of ketones is 2. The van der Waals surface area contributed by atoms with Crippen molar-refractivity contribution in [2.24, 2.45) is 58.2 Å². The molecule has 0 amide bonds. The summed E-state index contributed by atoms with van der Waals surface area (Å²) < 4.78 is 4.86. The molecule has 1 unspecified atom stereocenters. The molecular formula is C29H46O5. The average Bonchev–Trinajstić information content (AvgIpc) is 3.15. The molecule has 0 spiro atoms. The smallest absolute Gasteiger partial charge is 0.305 e. The molecule has 0 aromatic heterocycles. The number of carbonyl (C=O) groups excluding carboxylic acids is 3. The standard InChI is InChI=1S/C29H46O5/c1-16(7-10-26(33)34-6)22-8-9-23-27-21(18(3)31)14-20-13-19(17(2)30)11-12-28(20,4)24(27)15-25(32)29(22,23)5/h16,19-25,27,32H,7-15H2,1-6H3/t16-,19-,20?,21+,22-,23+,24+,25+,27+,28+,29-/m1/s1. The van der Waals surface area contributed by atoms with Crippen LogP contribution in [-0.2, 0) is 19.1 Å². The van der Waals surface area contributed by atoms with E-state index in [2.05, 4.69) is 20.8 Å². The summed E-state index contributed by atoms with van der Waals surface area (Å²) in [6.07, 6.45) is 7.48. The topological polar surface area (TPSA) is 80.7 Å². The number of rotatable bonds is 6. The van der Waals surface area contributed by atoms with Crippen LogP contribution in [0.1, 0.15) is 92.4 Å². The third-order valence-electron chi connectivity index (χ3n) is 11.7. The largest absolute Gasteiger partial charge is 0.469 e. The zero-order valence-electron chi connectivity index (χ0n) is 22.1. The van der Waals surface area contributed by atoms with Gasteiger partial charge in [0.25, 0.3) is 0 Å². The number of hydrogen-bond donors (Lipinski definition) is 1. The predicted molar refractivity (Wildman–Crippen MR) is 131 cm³/mol. The second-order valence-corrected chi connectivity index (χ2v) is 12.9. The van der Waals surface area contributed by atoms with E-state index in [0.717, 1.165) is 51.4 Å². The molecule has 0 bridgehead atoms. The Labute approximate surface area is 205 Å². The summed E-state index contributed by atoms with van der Waals surface area (Å²) in [5, 5.41) is 11.8. The Morgan fingerprint density at radius 2 is 1.71 bits per heavy atom. The van der Waals surface area contributed by atoms with E-state index in [4.69, 9.17) is 4.74 Å². The average molecular weight is 475 g/mol. The van der Waals surface area contributed by atoms with Gasteiger partial charge >= 0.3 is 5.97 Å². The second kappa shape index (κ2) is 9.33. The Hall–Kier alpha value is -1.23. The Morgan fingerprint density at radius 1 is 1.00 bits per heavy atom. The van der Waals surface area contributed by atoms with E-state index in [1.54, 1.807) is 13.8 Å². The van der Waals surface area contributed by atoms with Crippen molar-refractivity contribution < 1.29 is 24.2 Å². The zero-order valence-corrected chi connectivity index (χ0v) is 22.1. The van der Waals surface area contributed by atoms with Crippen molar-refractivity contribution in [3.8, 4) is 0 Å². The van der Waals surface area contributed by atoms with E-state index in [1.807, 2.05) is 0 Å². The Balaban J connectivity index is 1.63. The number of hydrogen-bond acceptors (Lipinski definition) is 5. The molecule has 0 radical (unpaired) electrons. The maximum Gasteiger partial charge on any atom is 0.305 e. The van der Waals surface area contributed by atoms with Crippen LogP contribution in [0.3, 0.4) is 0 Å². The van der Waals surface area contributed by atoms with Crippen molar-refractivity contribution >= 4 is 17.5 Å². The van der Waals surface area contributed by atoms with Crippen LogP contribution < -0.4 is 0 Å². The predicted octanol–water partition coefficient (Wildman–Crippen LogP) is 5.23. The van der Waals surface area contributed by atoms with Crippen LogP contribution in [0.5, 0.6) is 0 Å². The van der Waals surface area contributed by atoms with Crippen LogP contribution in [0.25, 0.3) is 0 Å². The lowest BCUT2D eigenvalue weighted by molar-refractivity contribution is -0.191. The molecule has 34 heavy (non-hydrogen) atoms. The van der Waals surface area contributed by atoms with Crippen molar-refractivity contribution in [3.63, 3.8) is 0 Å². The number of carbonyl (C=O) groups is 3. The molecule has 0 saturated heterocycles. The molecule has 5 nitrogen and oxygen atoms in total. The third kappa shape index (κ3) is 3.98. The number of aliphatic hydroxyl groups is 1. The Bertz CT molecular complexity index is 821. The minimum atomic E-state index is -0.388. The molecule has 5 heteroatoms. The minimum absolute atomic E-state index is 0.0368. The molecule has 4 rings (SSSR count). The number of fused-ring (bicyclic) bond motifs is 5. The number of methoxy groups -OCH3 is 1. The zero-order chi connectivity index (χ0) is 25.0. The highest BCUT2D eigenvalue weighted by atomic mass is 16.5. The molecule has 1 N–H and O–H groups in total. The van der Waals surface area contributed by atoms with Gasteiger partial charge in [-0.2, -0.15) is 0 Å². The summed E-state index contributed by atoms with van der Waals surface area (Å²) in [6, 6.07) is 0. The lowest BCUT2D eigenvalue weighted by atomic mass is 9.41. The van der Waals surface area contributed by atoms with E-state index in [1.165, 1.54) is 7.11 Å². The molecule has 11 atom stereocenters.